The van der Waals surface area contributed by atoms with E-state index >= 15 is 0 Å². The third-order valence-corrected chi connectivity index (χ3v) is 5.15. The van der Waals surface area contributed by atoms with E-state index in [2.05, 4.69) is 53.0 Å². The van der Waals surface area contributed by atoms with Crippen LogP contribution in [0.15, 0.2) is 23.3 Å². The molecule has 0 bridgehead atoms. The average molecular weight is 471 g/mol. The van der Waals surface area contributed by atoms with Gasteiger partial charge in [0.15, 0.2) is 5.96 Å². The lowest BCUT2D eigenvalue weighted by molar-refractivity contribution is 0.208. The van der Waals surface area contributed by atoms with Crippen molar-refractivity contribution in [1.29, 1.82) is 0 Å². The summed E-state index contributed by atoms with van der Waals surface area (Å²) in [5.74, 6) is 3.61. The van der Waals surface area contributed by atoms with Gasteiger partial charge in [-0.1, -0.05) is 19.9 Å². The zero-order chi connectivity index (χ0) is 17.6. The Morgan fingerprint density at radius 1 is 1.19 bits per heavy atom. The van der Waals surface area contributed by atoms with Gasteiger partial charge in [-0.05, 0) is 49.7 Å². The van der Waals surface area contributed by atoms with Crippen LogP contribution < -0.4 is 10.2 Å². The van der Waals surface area contributed by atoms with Gasteiger partial charge in [-0.2, -0.15) is 0 Å². The Hall–Kier alpha value is -1.05. The van der Waals surface area contributed by atoms with E-state index < -0.39 is 0 Å². The fourth-order valence-electron chi connectivity index (χ4n) is 4.07. The summed E-state index contributed by atoms with van der Waals surface area (Å²) in [6, 6.07) is 4.32. The number of anilines is 1. The second-order valence-electron chi connectivity index (χ2n) is 7.74. The molecule has 6 heteroatoms. The summed E-state index contributed by atoms with van der Waals surface area (Å²) < 4.78 is 0. The molecule has 2 fully saturated rings. The highest BCUT2D eigenvalue weighted by Gasteiger charge is 2.24. The van der Waals surface area contributed by atoms with E-state index in [1.54, 1.807) is 0 Å². The summed E-state index contributed by atoms with van der Waals surface area (Å²) in [6.07, 6.45) is 5.87. The van der Waals surface area contributed by atoms with Crippen molar-refractivity contribution in [3.05, 3.63) is 23.9 Å². The van der Waals surface area contributed by atoms with Crippen molar-refractivity contribution in [1.82, 2.24) is 15.2 Å². The van der Waals surface area contributed by atoms with Crippen LogP contribution in [0.25, 0.3) is 0 Å². The summed E-state index contributed by atoms with van der Waals surface area (Å²) in [7, 11) is 0. The first-order valence-electron chi connectivity index (χ1n) is 9.89. The lowest BCUT2D eigenvalue weighted by Gasteiger charge is -2.37. The zero-order valence-electron chi connectivity index (χ0n) is 16.4. The number of pyridine rings is 1. The minimum Gasteiger partial charge on any atom is -0.357 e. The van der Waals surface area contributed by atoms with Crippen LogP contribution >= 0.6 is 24.0 Å². The number of nitrogens with zero attached hydrogens (tertiary/aromatic N) is 4. The Morgan fingerprint density at radius 2 is 1.88 bits per heavy atom. The highest BCUT2D eigenvalue weighted by atomic mass is 127. The molecular weight excluding hydrogens is 437 g/mol. The summed E-state index contributed by atoms with van der Waals surface area (Å²) in [6.45, 7) is 12.9. The lowest BCUT2D eigenvalue weighted by Crippen LogP contribution is -2.48. The number of hydrogen-bond acceptors (Lipinski definition) is 3. The SMILES string of the molecule is CCNC(=NCc1ccc(N2CCCC2)nc1)N1CC(C)CC(C)C1.I. The normalized spacial score (nSPS) is 23.7. The molecule has 2 unspecified atom stereocenters. The second-order valence-corrected chi connectivity index (χ2v) is 7.74. The van der Waals surface area contributed by atoms with Crippen LogP contribution in [0.2, 0.25) is 0 Å². The van der Waals surface area contributed by atoms with Gasteiger partial charge in [0.05, 0.1) is 6.54 Å². The molecule has 26 heavy (non-hydrogen) atoms. The van der Waals surface area contributed by atoms with Crippen LogP contribution in [0, 0.1) is 11.8 Å². The maximum absolute atomic E-state index is 4.88. The molecule has 0 amide bonds. The quantitative estimate of drug-likeness (QED) is 0.413. The fraction of sp³-hybridized carbons (Fsp3) is 0.700. The molecule has 2 saturated heterocycles. The molecule has 0 aliphatic carbocycles. The van der Waals surface area contributed by atoms with Crippen molar-refractivity contribution in [3.63, 3.8) is 0 Å². The average Bonchev–Trinajstić information content (AvgIpc) is 3.13. The van der Waals surface area contributed by atoms with Gasteiger partial charge in [0.1, 0.15) is 5.82 Å². The highest BCUT2D eigenvalue weighted by molar-refractivity contribution is 14.0. The van der Waals surface area contributed by atoms with Crippen LogP contribution in [0.4, 0.5) is 5.82 Å². The molecule has 0 aromatic carbocycles. The molecule has 1 N–H and O–H groups in total. The standard InChI is InChI=1S/C20H33N5.HI/c1-4-21-20(25-14-16(2)11-17(3)15-25)23-13-18-7-8-19(22-12-18)24-9-5-6-10-24;/h7-8,12,16-17H,4-6,9-11,13-15H2,1-3H3,(H,21,23);1H. The highest BCUT2D eigenvalue weighted by Crippen LogP contribution is 2.21. The van der Waals surface area contributed by atoms with Crippen molar-refractivity contribution in [3.8, 4) is 0 Å². The Morgan fingerprint density at radius 3 is 2.46 bits per heavy atom. The van der Waals surface area contributed by atoms with Crippen molar-refractivity contribution in [2.75, 3.05) is 37.6 Å². The van der Waals surface area contributed by atoms with E-state index in [1.165, 1.54) is 24.8 Å². The molecule has 2 aliphatic rings. The monoisotopic (exact) mass is 471 g/mol. The van der Waals surface area contributed by atoms with Gasteiger partial charge in [-0.3, -0.25) is 0 Å². The molecule has 0 saturated carbocycles. The van der Waals surface area contributed by atoms with Crippen molar-refractivity contribution >= 4 is 35.8 Å². The van der Waals surface area contributed by atoms with E-state index in [1.807, 2.05) is 6.20 Å². The molecule has 1 aromatic rings. The molecule has 5 nitrogen and oxygen atoms in total. The lowest BCUT2D eigenvalue weighted by atomic mass is 9.92. The molecule has 2 atom stereocenters. The molecule has 146 valence electrons. The molecule has 0 spiro atoms. The molecule has 0 radical (unpaired) electrons. The number of likely N-dealkylation sites (tertiary alicyclic amines) is 1. The minimum atomic E-state index is 0. The maximum atomic E-state index is 4.88. The van der Waals surface area contributed by atoms with E-state index in [9.17, 15) is 0 Å². The topological polar surface area (TPSA) is 43.8 Å². The fourth-order valence-corrected chi connectivity index (χ4v) is 4.07. The first kappa shape index (κ1) is 21.3. The third kappa shape index (κ3) is 5.72. The smallest absolute Gasteiger partial charge is 0.194 e. The van der Waals surface area contributed by atoms with E-state index in [-0.39, 0.29) is 24.0 Å². The van der Waals surface area contributed by atoms with Gasteiger partial charge in [-0.15, -0.1) is 24.0 Å². The van der Waals surface area contributed by atoms with Gasteiger partial charge >= 0.3 is 0 Å². The zero-order valence-corrected chi connectivity index (χ0v) is 18.8. The predicted octanol–water partition coefficient (Wildman–Crippen LogP) is 3.74. The molecular formula is C20H34IN5. The number of piperidine rings is 1. The molecule has 1 aromatic heterocycles. The predicted molar refractivity (Wildman–Crippen MR) is 120 cm³/mol. The number of guanidine groups is 1. The summed E-state index contributed by atoms with van der Waals surface area (Å²) in [4.78, 5) is 14.3. The van der Waals surface area contributed by atoms with Crippen molar-refractivity contribution in [2.45, 2.75) is 46.6 Å². The largest absolute Gasteiger partial charge is 0.357 e. The number of aromatic nitrogens is 1. The number of halogens is 1. The molecule has 2 aliphatic heterocycles. The number of nitrogens with one attached hydrogen (secondary N) is 1. The van der Waals surface area contributed by atoms with E-state index in [0.29, 0.717) is 6.54 Å². The van der Waals surface area contributed by atoms with Crippen LogP contribution in [0.5, 0.6) is 0 Å². The van der Waals surface area contributed by atoms with Crippen LogP contribution in [-0.4, -0.2) is 48.6 Å². The number of rotatable bonds is 4. The first-order chi connectivity index (χ1) is 12.2. The maximum Gasteiger partial charge on any atom is 0.194 e. The van der Waals surface area contributed by atoms with Crippen LogP contribution in [0.1, 0.15) is 45.6 Å². The summed E-state index contributed by atoms with van der Waals surface area (Å²) >= 11 is 0. The van der Waals surface area contributed by atoms with Crippen LogP contribution in [0.3, 0.4) is 0 Å². The summed E-state index contributed by atoms with van der Waals surface area (Å²) in [5.41, 5.74) is 1.18. The first-order valence-corrected chi connectivity index (χ1v) is 9.89. The van der Waals surface area contributed by atoms with Crippen LogP contribution in [-0.2, 0) is 6.54 Å². The Bertz CT molecular complexity index is 558. The molecule has 3 heterocycles. The molecule has 3 rings (SSSR count). The Kier molecular flexibility index (Phi) is 8.44. The third-order valence-electron chi connectivity index (χ3n) is 5.15. The Labute approximate surface area is 175 Å². The van der Waals surface area contributed by atoms with Gasteiger partial charge < -0.3 is 15.1 Å². The van der Waals surface area contributed by atoms with E-state index in [4.69, 9.17) is 4.99 Å². The second kappa shape index (κ2) is 10.3. The van der Waals surface area contributed by atoms with Crippen molar-refractivity contribution < 1.29 is 0 Å². The number of hydrogen-bond donors (Lipinski definition) is 1. The number of aliphatic imine (C=N–C) groups is 1. The Balaban J connectivity index is 0.00000243. The minimum absolute atomic E-state index is 0. The van der Waals surface area contributed by atoms with Gasteiger partial charge in [-0.25, -0.2) is 9.98 Å². The van der Waals surface area contributed by atoms with E-state index in [0.717, 1.165) is 56.3 Å². The van der Waals surface area contributed by atoms with Gasteiger partial charge in [0, 0.05) is 38.9 Å². The van der Waals surface area contributed by atoms with Crippen molar-refractivity contribution in [2.24, 2.45) is 16.8 Å². The van der Waals surface area contributed by atoms with Gasteiger partial charge in [0.25, 0.3) is 0 Å². The summed E-state index contributed by atoms with van der Waals surface area (Å²) in [5, 5.41) is 3.47. The van der Waals surface area contributed by atoms with Gasteiger partial charge in [0.2, 0.25) is 0 Å².